The average Bonchev–Trinajstić information content (AvgIpc) is 3.20. The lowest BCUT2D eigenvalue weighted by Gasteiger charge is -2.27. The molecule has 3 rings (SSSR count). The van der Waals surface area contributed by atoms with Crippen LogP contribution in [-0.2, 0) is 14.3 Å². The molecular formula is C20H27N5O3S. The lowest BCUT2D eigenvalue weighted by Crippen LogP contribution is -2.31. The largest absolute Gasteiger partial charge is 0.469 e. The van der Waals surface area contributed by atoms with Gasteiger partial charge in [0.1, 0.15) is 0 Å². The summed E-state index contributed by atoms with van der Waals surface area (Å²) in [6, 6.07) is 9.99. The van der Waals surface area contributed by atoms with Crippen molar-refractivity contribution in [3.05, 3.63) is 30.3 Å². The number of esters is 1. The van der Waals surface area contributed by atoms with Crippen molar-refractivity contribution in [1.82, 2.24) is 20.1 Å². The van der Waals surface area contributed by atoms with Crippen molar-refractivity contribution in [2.75, 3.05) is 37.4 Å². The molecule has 0 spiro atoms. The third-order valence-corrected chi connectivity index (χ3v) is 5.64. The molecule has 0 saturated carbocycles. The standard InChI is InChI=1S/C20H27N5O3S/c1-28-18(27)11-8-12-21-17(26)15-29-20-23-22-19(24-13-6-3-7-14-24)25(20)16-9-4-2-5-10-16/h2,4-5,9-10H,3,6-8,11-15H2,1H3,(H,21,26). The number of ether oxygens (including phenoxy) is 1. The Balaban J connectivity index is 1.63. The minimum absolute atomic E-state index is 0.0954. The summed E-state index contributed by atoms with van der Waals surface area (Å²) in [6.07, 6.45) is 4.40. The van der Waals surface area contributed by atoms with Crippen molar-refractivity contribution in [3.8, 4) is 5.69 Å². The summed E-state index contributed by atoms with van der Waals surface area (Å²) in [5, 5.41) is 12.3. The van der Waals surface area contributed by atoms with Gasteiger partial charge in [0, 0.05) is 26.1 Å². The van der Waals surface area contributed by atoms with E-state index in [2.05, 4.69) is 25.2 Å². The maximum atomic E-state index is 12.2. The summed E-state index contributed by atoms with van der Waals surface area (Å²) in [6.45, 7) is 2.38. The van der Waals surface area contributed by atoms with Gasteiger partial charge >= 0.3 is 5.97 Å². The molecule has 0 bridgehead atoms. The zero-order valence-electron chi connectivity index (χ0n) is 16.7. The van der Waals surface area contributed by atoms with Gasteiger partial charge in [-0.3, -0.25) is 14.2 Å². The van der Waals surface area contributed by atoms with E-state index >= 15 is 0 Å². The van der Waals surface area contributed by atoms with Crippen LogP contribution in [0.25, 0.3) is 5.69 Å². The quantitative estimate of drug-likeness (QED) is 0.381. The molecule has 1 amide bonds. The molecule has 156 valence electrons. The third-order valence-electron chi connectivity index (χ3n) is 4.71. The number of nitrogens with zero attached hydrogens (tertiary/aromatic N) is 4. The molecule has 1 aliphatic heterocycles. The second-order valence-corrected chi connectivity index (χ2v) is 7.76. The second kappa shape index (κ2) is 10.8. The van der Waals surface area contributed by atoms with E-state index in [0.29, 0.717) is 24.5 Å². The minimum Gasteiger partial charge on any atom is -0.469 e. The average molecular weight is 418 g/mol. The van der Waals surface area contributed by atoms with Crippen LogP contribution < -0.4 is 10.2 Å². The maximum Gasteiger partial charge on any atom is 0.305 e. The van der Waals surface area contributed by atoms with Crippen LogP contribution in [0.2, 0.25) is 0 Å². The van der Waals surface area contributed by atoms with Crippen LogP contribution in [0.3, 0.4) is 0 Å². The summed E-state index contributed by atoms with van der Waals surface area (Å²) >= 11 is 1.36. The van der Waals surface area contributed by atoms with Crippen molar-refractivity contribution >= 4 is 29.6 Å². The van der Waals surface area contributed by atoms with E-state index in [-0.39, 0.29) is 17.6 Å². The first-order chi connectivity index (χ1) is 14.2. The molecule has 1 aromatic heterocycles. The van der Waals surface area contributed by atoms with Gasteiger partial charge in [-0.1, -0.05) is 30.0 Å². The Morgan fingerprint density at radius 3 is 2.62 bits per heavy atom. The van der Waals surface area contributed by atoms with E-state index < -0.39 is 0 Å². The molecule has 1 N–H and O–H groups in total. The van der Waals surface area contributed by atoms with Crippen molar-refractivity contribution in [2.24, 2.45) is 0 Å². The van der Waals surface area contributed by atoms with Crippen molar-refractivity contribution in [1.29, 1.82) is 0 Å². The van der Waals surface area contributed by atoms with Crippen molar-refractivity contribution < 1.29 is 14.3 Å². The van der Waals surface area contributed by atoms with Crippen molar-refractivity contribution in [3.63, 3.8) is 0 Å². The molecule has 0 aliphatic carbocycles. The number of carbonyl (C=O) groups excluding carboxylic acids is 2. The lowest BCUT2D eigenvalue weighted by atomic mass is 10.1. The van der Waals surface area contributed by atoms with Crippen molar-refractivity contribution in [2.45, 2.75) is 37.3 Å². The SMILES string of the molecule is COC(=O)CCCNC(=O)CSc1nnc(N2CCCCC2)n1-c1ccccc1. The van der Waals surface area contributed by atoms with Crippen LogP contribution in [0, 0.1) is 0 Å². The summed E-state index contributed by atoms with van der Waals surface area (Å²) in [7, 11) is 1.36. The summed E-state index contributed by atoms with van der Waals surface area (Å²) in [5.41, 5.74) is 0.985. The lowest BCUT2D eigenvalue weighted by molar-refractivity contribution is -0.140. The van der Waals surface area contributed by atoms with Gasteiger partial charge in [0.05, 0.1) is 18.6 Å². The first-order valence-electron chi connectivity index (χ1n) is 9.91. The smallest absolute Gasteiger partial charge is 0.305 e. The second-order valence-electron chi connectivity index (χ2n) is 6.82. The number of carbonyl (C=O) groups is 2. The van der Waals surface area contributed by atoms with Crippen LogP contribution in [0.1, 0.15) is 32.1 Å². The Bertz CT molecular complexity index is 806. The highest BCUT2D eigenvalue weighted by atomic mass is 32.2. The molecule has 1 fully saturated rings. The highest BCUT2D eigenvalue weighted by molar-refractivity contribution is 7.99. The topological polar surface area (TPSA) is 89.3 Å². The highest BCUT2D eigenvalue weighted by Gasteiger charge is 2.21. The van der Waals surface area contributed by atoms with Gasteiger partial charge in [-0.15, -0.1) is 10.2 Å². The number of methoxy groups -OCH3 is 1. The zero-order chi connectivity index (χ0) is 20.5. The van der Waals surface area contributed by atoms with E-state index in [9.17, 15) is 9.59 Å². The van der Waals surface area contributed by atoms with Gasteiger partial charge < -0.3 is 15.0 Å². The number of amides is 1. The molecule has 2 aromatic rings. The van der Waals surface area contributed by atoms with E-state index in [1.165, 1.54) is 25.3 Å². The van der Waals surface area contributed by atoms with Gasteiger partial charge in [0.25, 0.3) is 0 Å². The molecule has 0 unspecified atom stereocenters. The summed E-state index contributed by atoms with van der Waals surface area (Å²) in [4.78, 5) is 25.5. The number of para-hydroxylation sites is 1. The predicted molar refractivity (Wildman–Crippen MR) is 112 cm³/mol. The van der Waals surface area contributed by atoms with Gasteiger partial charge in [-0.2, -0.15) is 0 Å². The summed E-state index contributed by atoms with van der Waals surface area (Å²) in [5.74, 6) is 0.706. The number of hydrogen-bond acceptors (Lipinski definition) is 7. The molecule has 29 heavy (non-hydrogen) atoms. The number of benzene rings is 1. The Hall–Kier alpha value is -2.55. The van der Waals surface area contributed by atoms with Gasteiger partial charge in [0.2, 0.25) is 11.9 Å². The molecule has 2 heterocycles. The van der Waals surface area contributed by atoms with Crippen LogP contribution in [0.5, 0.6) is 0 Å². The monoisotopic (exact) mass is 417 g/mol. The fourth-order valence-electron chi connectivity index (χ4n) is 3.20. The molecule has 9 heteroatoms. The van der Waals surface area contributed by atoms with Crippen LogP contribution >= 0.6 is 11.8 Å². The number of thioether (sulfide) groups is 1. The Kier molecular flexibility index (Phi) is 7.92. The number of aromatic nitrogens is 3. The Morgan fingerprint density at radius 1 is 1.14 bits per heavy atom. The van der Waals surface area contributed by atoms with E-state index in [1.807, 2.05) is 34.9 Å². The first kappa shape index (κ1) is 21.2. The maximum absolute atomic E-state index is 12.2. The Morgan fingerprint density at radius 2 is 1.90 bits per heavy atom. The summed E-state index contributed by atoms with van der Waals surface area (Å²) < 4.78 is 6.62. The van der Waals surface area contributed by atoms with Gasteiger partial charge in [-0.05, 0) is 37.8 Å². The molecule has 1 saturated heterocycles. The molecule has 0 radical (unpaired) electrons. The highest BCUT2D eigenvalue weighted by Crippen LogP contribution is 2.28. The van der Waals surface area contributed by atoms with E-state index in [4.69, 9.17) is 0 Å². The molecular weight excluding hydrogens is 390 g/mol. The number of nitrogens with one attached hydrogen (secondary N) is 1. The third kappa shape index (κ3) is 5.96. The van der Waals surface area contributed by atoms with E-state index in [1.54, 1.807) is 0 Å². The first-order valence-corrected chi connectivity index (χ1v) is 10.9. The molecule has 1 aliphatic rings. The minimum atomic E-state index is -0.269. The van der Waals surface area contributed by atoms with Crippen LogP contribution in [0.15, 0.2) is 35.5 Å². The fourth-order valence-corrected chi connectivity index (χ4v) is 3.98. The van der Waals surface area contributed by atoms with Gasteiger partial charge in [-0.25, -0.2) is 0 Å². The molecule has 0 atom stereocenters. The normalized spacial score (nSPS) is 13.9. The zero-order valence-corrected chi connectivity index (χ0v) is 17.5. The predicted octanol–water partition coefficient (Wildman–Crippen LogP) is 2.42. The molecule has 1 aromatic carbocycles. The van der Waals surface area contributed by atoms with Crippen LogP contribution in [0.4, 0.5) is 5.95 Å². The fraction of sp³-hybridized carbons (Fsp3) is 0.500. The number of piperidine rings is 1. The van der Waals surface area contributed by atoms with E-state index in [0.717, 1.165) is 37.6 Å². The number of anilines is 1. The molecule has 8 nitrogen and oxygen atoms in total. The van der Waals surface area contributed by atoms with Gasteiger partial charge in [0.15, 0.2) is 5.16 Å². The number of rotatable bonds is 9. The van der Waals surface area contributed by atoms with Crippen LogP contribution in [-0.4, -0.2) is 59.1 Å². The Labute approximate surface area is 175 Å². The number of hydrogen-bond donors (Lipinski definition) is 1.